The molecular formula is C11H11ClN2O4. The fraction of sp³-hybridized carbons (Fsp3) is 0.182. The predicted octanol–water partition coefficient (Wildman–Crippen LogP) is 1.45. The van der Waals surface area contributed by atoms with Gasteiger partial charge in [0.2, 0.25) is 0 Å². The van der Waals surface area contributed by atoms with Gasteiger partial charge in [-0.05, 0) is 18.2 Å². The van der Waals surface area contributed by atoms with Crippen molar-refractivity contribution in [3.05, 3.63) is 29.3 Å². The van der Waals surface area contributed by atoms with E-state index in [9.17, 15) is 9.59 Å². The van der Waals surface area contributed by atoms with Crippen molar-refractivity contribution in [2.45, 2.75) is 0 Å². The second-order valence-corrected chi connectivity index (χ2v) is 3.50. The summed E-state index contributed by atoms with van der Waals surface area (Å²) in [6, 6.07) is 6.62. The van der Waals surface area contributed by atoms with Crippen molar-refractivity contribution in [3.8, 4) is 0 Å². The maximum atomic E-state index is 11.3. The van der Waals surface area contributed by atoms with Crippen LogP contribution in [0.25, 0.3) is 0 Å². The van der Waals surface area contributed by atoms with Gasteiger partial charge in [-0.3, -0.25) is 5.43 Å². The van der Waals surface area contributed by atoms with E-state index in [1.54, 1.807) is 24.3 Å². The lowest BCUT2D eigenvalue weighted by Crippen LogP contribution is -2.27. The topological polar surface area (TPSA) is 77.0 Å². The predicted molar refractivity (Wildman–Crippen MR) is 66.5 cm³/mol. The van der Waals surface area contributed by atoms with Crippen molar-refractivity contribution in [3.63, 3.8) is 0 Å². The van der Waals surface area contributed by atoms with Gasteiger partial charge in [0.15, 0.2) is 0 Å². The standard InChI is InChI=1S/C11H11ClN2O4/c1-17-10(15)9(11(16)18-2)14-13-8-5-3-4-7(12)6-8/h3-6,13H,1-2H3. The van der Waals surface area contributed by atoms with Gasteiger partial charge < -0.3 is 9.47 Å². The zero-order valence-corrected chi connectivity index (χ0v) is 10.5. The zero-order chi connectivity index (χ0) is 13.5. The normalized spacial score (nSPS) is 9.28. The molecule has 1 rings (SSSR count). The summed E-state index contributed by atoms with van der Waals surface area (Å²) in [6.45, 7) is 0. The summed E-state index contributed by atoms with van der Waals surface area (Å²) in [7, 11) is 2.28. The highest BCUT2D eigenvalue weighted by molar-refractivity contribution is 6.62. The van der Waals surface area contributed by atoms with Gasteiger partial charge in [-0.2, -0.15) is 5.10 Å². The lowest BCUT2D eigenvalue weighted by atomic mass is 10.3. The molecule has 0 amide bonds. The molecule has 7 heteroatoms. The fourth-order valence-corrected chi connectivity index (χ4v) is 1.24. The molecule has 0 saturated carbocycles. The van der Waals surface area contributed by atoms with Crippen LogP contribution in [0.15, 0.2) is 29.4 Å². The minimum absolute atomic E-state index is 0.486. The number of esters is 2. The monoisotopic (exact) mass is 270 g/mol. The van der Waals surface area contributed by atoms with Gasteiger partial charge in [0.25, 0.3) is 5.71 Å². The summed E-state index contributed by atoms with van der Waals surface area (Å²) in [5.74, 6) is -1.78. The largest absolute Gasteiger partial charge is 0.464 e. The maximum Gasteiger partial charge on any atom is 0.366 e. The Hall–Kier alpha value is -2.08. The first kappa shape index (κ1) is 14.0. The van der Waals surface area contributed by atoms with Crippen molar-refractivity contribution in [1.29, 1.82) is 0 Å². The number of halogens is 1. The van der Waals surface area contributed by atoms with Crippen LogP contribution in [0.4, 0.5) is 5.69 Å². The summed E-state index contributed by atoms with van der Waals surface area (Å²) in [5.41, 5.74) is 2.55. The van der Waals surface area contributed by atoms with Crippen LogP contribution in [0.5, 0.6) is 0 Å². The number of methoxy groups -OCH3 is 2. The molecular weight excluding hydrogens is 260 g/mol. The molecule has 0 spiro atoms. The maximum absolute atomic E-state index is 11.3. The summed E-state index contributed by atoms with van der Waals surface area (Å²) < 4.78 is 8.82. The Morgan fingerprint density at radius 2 is 1.83 bits per heavy atom. The first-order chi connectivity index (χ1) is 8.58. The third-order valence-corrected chi connectivity index (χ3v) is 2.11. The third-order valence-electron chi connectivity index (χ3n) is 1.88. The van der Waals surface area contributed by atoms with E-state index in [1.807, 2.05) is 0 Å². The van der Waals surface area contributed by atoms with Crippen LogP contribution in [0, 0.1) is 0 Å². The van der Waals surface area contributed by atoms with Crippen LogP contribution < -0.4 is 5.43 Å². The van der Waals surface area contributed by atoms with Crippen LogP contribution in [0.1, 0.15) is 0 Å². The average molecular weight is 271 g/mol. The summed E-state index contributed by atoms with van der Waals surface area (Å²) in [5, 5.41) is 4.13. The number of carbonyl (C=O) groups excluding carboxylic acids is 2. The second-order valence-electron chi connectivity index (χ2n) is 3.07. The molecule has 0 bridgehead atoms. The highest BCUT2D eigenvalue weighted by atomic mass is 35.5. The van der Waals surface area contributed by atoms with Gasteiger partial charge in [-0.25, -0.2) is 9.59 Å². The molecule has 0 radical (unpaired) electrons. The molecule has 96 valence electrons. The quantitative estimate of drug-likeness (QED) is 0.388. The zero-order valence-electron chi connectivity index (χ0n) is 9.77. The Morgan fingerprint density at radius 3 is 2.33 bits per heavy atom. The second kappa shape index (κ2) is 6.61. The number of nitrogens with one attached hydrogen (secondary N) is 1. The van der Waals surface area contributed by atoms with Crippen molar-refractivity contribution in [2.24, 2.45) is 5.10 Å². The van der Waals surface area contributed by atoms with Crippen molar-refractivity contribution >= 4 is 34.9 Å². The van der Waals surface area contributed by atoms with E-state index >= 15 is 0 Å². The molecule has 0 aliphatic heterocycles. The Kier molecular flexibility index (Phi) is 5.13. The van der Waals surface area contributed by atoms with E-state index in [-0.39, 0.29) is 0 Å². The van der Waals surface area contributed by atoms with E-state index in [1.165, 1.54) is 0 Å². The lowest BCUT2D eigenvalue weighted by Gasteiger charge is -2.04. The van der Waals surface area contributed by atoms with E-state index in [0.717, 1.165) is 14.2 Å². The van der Waals surface area contributed by atoms with Crippen LogP contribution >= 0.6 is 11.6 Å². The number of anilines is 1. The van der Waals surface area contributed by atoms with E-state index < -0.39 is 17.7 Å². The fourth-order valence-electron chi connectivity index (χ4n) is 1.05. The van der Waals surface area contributed by atoms with Crippen LogP contribution in [-0.2, 0) is 19.1 Å². The van der Waals surface area contributed by atoms with Crippen molar-refractivity contribution in [2.75, 3.05) is 19.6 Å². The lowest BCUT2D eigenvalue weighted by molar-refractivity contribution is -0.138. The molecule has 0 aliphatic carbocycles. The Labute approximate surface area is 109 Å². The molecule has 0 heterocycles. The van der Waals surface area contributed by atoms with E-state index in [4.69, 9.17) is 11.6 Å². The molecule has 0 saturated heterocycles. The van der Waals surface area contributed by atoms with Gasteiger partial charge in [-0.15, -0.1) is 0 Å². The van der Waals surface area contributed by atoms with Crippen LogP contribution in [0.3, 0.4) is 0 Å². The first-order valence-electron chi connectivity index (χ1n) is 4.84. The summed E-state index contributed by atoms with van der Waals surface area (Å²) in [6.07, 6.45) is 0. The van der Waals surface area contributed by atoms with Gasteiger partial charge >= 0.3 is 11.9 Å². The first-order valence-corrected chi connectivity index (χ1v) is 5.22. The van der Waals surface area contributed by atoms with E-state index in [0.29, 0.717) is 10.7 Å². The molecule has 1 N–H and O–H groups in total. The molecule has 0 aliphatic rings. The molecule has 1 aromatic rings. The highest BCUT2D eigenvalue weighted by Crippen LogP contribution is 2.14. The number of carbonyl (C=O) groups is 2. The molecule has 0 atom stereocenters. The van der Waals surface area contributed by atoms with Gasteiger partial charge in [0, 0.05) is 5.02 Å². The molecule has 0 fully saturated rings. The molecule has 6 nitrogen and oxygen atoms in total. The molecule has 1 aromatic carbocycles. The van der Waals surface area contributed by atoms with Gasteiger partial charge in [0.1, 0.15) is 0 Å². The average Bonchev–Trinajstić information content (AvgIpc) is 2.38. The van der Waals surface area contributed by atoms with Gasteiger partial charge in [-0.1, -0.05) is 17.7 Å². The van der Waals surface area contributed by atoms with Crippen molar-refractivity contribution < 1.29 is 19.1 Å². The highest BCUT2D eigenvalue weighted by Gasteiger charge is 2.22. The minimum Gasteiger partial charge on any atom is -0.464 e. The molecule has 0 aromatic heterocycles. The number of hydrogen-bond acceptors (Lipinski definition) is 6. The van der Waals surface area contributed by atoms with E-state index in [2.05, 4.69) is 20.0 Å². The van der Waals surface area contributed by atoms with Crippen LogP contribution in [-0.4, -0.2) is 31.9 Å². The number of ether oxygens (including phenoxy) is 2. The van der Waals surface area contributed by atoms with Crippen LogP contribution in [0.2, 0.25) is 5.02 Å². The number of hydrazone groups is 1. The number of benzene rings is 1. The molecule has 0 unspecified atom stereocenters. The third kappa shape index (κ3) is 3.74. The summed E-state index contributed by atoms with van der Waals surface area (Å²) >= 11 is 5.77. The van der Waals surface area contributed by atoms with Crippen molar-refractivity contribution in [1.82, 2.24) is 0 Å². The molecule has 18 heavy (non-hydrogen) atoms. The summed E-state index contributed by atoms with van der Waals surface area (Å²) in [4.78, 5) is 22.6. The Bertz CT molecular complexity index is 470. The Balaban J connectivity index is 2.90. The number of hydrogen-bond donors (Lipinski definition) is 1. The number of rotatable bonds is 4. The smallest absolute Gasteiger partial charge is 0.366 e. The Morgan fingerprint density at radius 1 is 1.22 bits per heavy atom. The minimum atomic E-state index is -0.892. The number of nitrogens with zero attached hydrogens (tertiary/aromatic N) is 1. The SMILES string of the molecule is COC(=O)C(=NNc1cccc(Cl)c1)C(=O)OC. The van der Waals surface area contributed by atoms with Gasteiger partial charge in [0.05, 0.1) is 19.9 Å².